The predicted molar refractivity (Wildman–Crippen MR) is 141 cm³/mol. The summed E-state index contributed by atoms with van der Waals surface area (Å²) >= 11 is 7.39. The lowest BCUT2D eigenvalue weighted by Crippen LogP contribution is -2.13. The molecule has 1 amide bonds. The van der Waals surface area contributed by atoms with Gasteiger partial charge in [0.05, 0.1) is 11.6 Å². The number of hydrogen-bond acceptors (Lipinski definition) is 8. The number of anilines is 1. The standard InChI is InChI=1S/C26H27ClN4O4S/c1-4-33-23-15-18(9-10-22(23)35-12-11-34-21-8-6-5-7-20(21)27)14-19(16-28)25(32)29-26-31-30-24(36-26)13-17(2)3/h5-10,14-15,17H,4,11-13H2,1-3H3,(H,29,31,32). The quantitative estimate of drug-likeness (QED) is 0.181. The van der Waals surface area contributed by atoms with E-state index in [4.69, 9.17) is 25.8 Å². The van der Waals surface area contributed by atoms with Gasteiger partial charge in [0.25, 0.3) is 5.91 Å². The summed E-state index contributed by atoms with van der Waals surface area (Å²) in [5.74, 6) is 1.47. The highest BCUT2D eigenvalue weighted by molar-refractivity contribution is 7.15. The van der Waals surface area contributed by atoms with Gasteiger partial charge >= 0.3 is 0 Å². The van der Waals surface area contributed by atoms with E-state index < -0.39 is 5.91 Å². The summed E-state index contributed by atoms with van der Waals surface area (Å²) in [7, 11) is 0. The molecule has 10 heteroatoms. The number of halogens is 1. The summed E-state index contributed by atoms with van der Waals surface area (Å²) in [5, 5.41) is 22.0. The first-order chi connectivity index (χ1) is 17.4. The number of para-hydroxylation sites is 1. The number of ether oxygens (including phenoxy) is 3. The lowest BCUT2D eigenvalue weighted by atomic mass is 10.1. The number of rotatable bonds is 12. The highest BCUT2D eigenvalue weighted by Crippen LogP contribution is 2.30. The zero-order valence-corrected chi connectivity index (χ0v) is 21.9. The van der Waals surface area contributed by atoms with Crippen LogP contribution in [0.4, 0.5) is 5.13 Å². The molecule has 188 valence electrons. The Bertz CT molecular complexity index is 1250. The van der Waals surface area contributed by atoms with Crippen LogP contribution in [0.25, 0.3) is 6.08 Å². The normalized spacial score (nSPS) is 11.2. The molecule has 0 aliphatic rings. The van der Waals surface area contributed by atoms with E-state index in [0.717, 1.165) is 11.4 Å². The third kappa shape index (κ3) is 7.97. The number of benzene rings is 2. The molecule has 2 aromatic carbocycles. The Hall–Kier alpha value is -3.61. The van der Waals surface area contributed by atoms with Gasteiger partial charge in [-0.1, -0.05) is 55.0 Å². The van der Waals surface area contributed by atoms with E-state index in [0.29, 0.717) is 52.1 Å². The minimum absolute atomic E-state index is 0.0696. The van der Waals surface area contributed by atoms with Crippen LogP contribution in [0, 0.1) is 17.2 Å². The minimum atomic E-state index is -0.556. The van der Waals surface area contributed by atoms with Crippen molar-refractivity contribution >= 4 is 40.1 Å². The Morgan fingerprint density at radius 3 is 2.56 bits per heavy atom. The fraction of sp³-hybridized carbons (Fsp3) is 0.308. The van der Waals surface area contributed by atoms with Crippen molar-refractivity contribution in [3.8, 4) is 23.3 Å². The molecular formula is C26H27ClN4O4S. The number of aromatic nitrogens is 2. The van der Waals surface area contributed by atoms with Gasteiger partial charge < -0.3 is 14.2 Å². The molecule has 0 saturated carbocycles. The number of carbonyl (C=O) groups is 1. The Morgan fingerprint density at radius 2 is 1.86 bits per heavy atom. The molecule has 1 N–H and O–H groups in total. The van der Waals surface area contributed by atoms with Crippen LogP contribution in [-0.4, -0.2) is 35.9 Å². The van der Waals surface area contributed by atoms with Crippen LogP contribution in [0.2, 0.25) is 5.02 Å². The lowest BCUT2D eigenvalue weighted by Gasteiger charge is -2.13. The van der Waals surface area contributed by atoms with Crippen LogP contribution in [0.1, 0.15) is 31.3 Å². The van der Waals surface area contributed by atoms with Crippen molar-refractivity contribution in [1.82, 2.24) is 10.2 Å². The number of nitriles is 1. The smallest absolute Gasteiger partial charge is 0.268 e. The fourth-order valence-electron chi connectivity index (χ4n) is 3.08. The topological polar surface area (TPSA) is 106 Å². The van der Waals surface area contributed by atoms with Gasteiger partial charge in [-0.25, -0.2) is 0 Å². The van der Waals surface area contributed by atoms with E-state index in [-0.39, 0.29) is 12.2 Å². The Labute approximate surface area is 219 Å². The van der Waals surface area contributed by atoms with Crippen molar-refractivity contribution in [1.29, 1.82) is 5.26 Å². The first kappa shape index (κ1) is 27.0. The Balaban J connectivity index is 1.65. The van der Waals surface area contributed by atoms with Gasteiger partial charge in [-0.15, -0.1) is 10.2 Å². The van der Waals surface area contributed by atoms with E-state index in [1.807, 2.05) is 25.1 Å². The van der Waals surface area contributed by atoms with Crippen LogP contribution < -0.4 is 19.5 Å². The molecule has 1 heterocycles. The monoisotopic (exact) mass is 526 g/mol. The number of amides is 1. The van der Waals surface area contributed by atoms with E-state index >= 15 is 0 Å². The predicted octanol–water partition coefficient (Wildman–Crippen LogP) is 5.79. The van der Waals surface area contributed by atoms with E-state index in [2.05, 4.69) is 29.4 Å². The molecule has 0 fully saturated rings. The molecule has 0 aliphatic carbocycles. The zero-order chi connectivity index (χ0) is 25.9. The molecule has 0 spiro atoms. The second-order valence-electron chi connectivity index (χ2n) is 7.99. The maximum Gasteiger partial charge on any atom is 0.268 e. The second-order valence-corrected chi connectivity index (χ2v) is 9.46. The number of carbonyl (C=O) groups excluding carboxylic acids is 1. The average molecular weight is 527 g/mol. The van der Waals surface area contributed by atoms with Crippen molar-refractivity contribution < 1.29 is 19.0 Å². The molecule has 0 aliphatic heterocycles. The number of hydrogen-bond donors (Lipinski definition) is 1. The second kappa shape index (κ2) is 13.5. The highest BCUT2D eigenvalue weighted by Gasteiger charge is 2.14. The maximum absolute atomic E-state index is 12.6. The van der Waals surface area contributed by atoms with Crippen molar-refractivity contribution in [2.24, 2.45) is 5.92 Å². The van der Waals surface area contributed by atoms with Gasteiger partial charge in [0.2, 0.25) is 5.13 Å². The van der Waals surface area contributed by atoms with Crippen LogP contribution in [0.15, 0.2) is 48.0 Å². The molecule has 0 unspecified atom stereocenters. The fourth-order valence-corrected chi connectivity index (χ4v) is 4.22. The van der Waals surface area contributed by atoms with Gasteiger partial charge in [-0.3, -0.25) is 10.1 Å². The first-order valence-electron chi connectivity index (χ1n) is 11.4. The molecular weight excluding hydrogens is 500 g/mol. The molecule has 0 atom stereocenters. The molecule has 3 aromatic rings. The van der Waals surface area contributed by atoms with Crippen molar-refractivity contribution in [3.05, 3.63) is 63.6 Å². The van der Waals surface area contributed by atoms with E-state index in [9.17, 15) is 10.1 Å². The number of nitrogens with zero attached hydrogens (tertiary/aromatic N) is 3. The van der Waals surface area contributed by atoms with Gasteiger partial charge in [0.15, 0.2) is 11.5 Å². The average Bonchev–Trinajstić information content (AvgIpc) is 3.28. The third-order valence-electron chi connectivity index (χ3n) is 4.65. The third-order valence-corrected chi connectivity index (χ3v) is 5.82. The summed E-state index contributed by atoms with van der Waals surface area (Å²) in [6.07, 6.45) is 2.26. The van der Waals surface area contributed by atoms with Crippen LogP contribution >= 0.6 is 22.9 Å². The highest BCUT2D eigenvalue weighted by atomic mass is 35.5. The first-order valence-corrected chi connectivity index (χ1v) is 12.6. The lowest BCUT2D eigenvalue weighted by molar-refractivity contribution is -0.112. The van der Waals surface area contributed by atoms with Crippen molar-refractivity contribution in [3.63, 3.8) is 0 Å². The van der Waals surface area contributed by atoms with Gasteiger partial charge in [0.1, 0.15) is 35.6 Å². The Morgan fingerprint density at radius 1 is 1.11 bits per heavy atom. The molecule has 0 bridgehead atoms. The van der Waals surface area contributed by atoms with E-state index in [1.54, 1.807) is 30.3 Å². The molecule has 36 heavy (non-hydrogen) atoms. The van der Waals surface area contributed by atoms with Crippen molar-refractivity contribution in [2.45, 2.75) is 27.2 Å². The van der Waals surface area contributed by atoms with E-state index in [1.165, 1.54) is 17.4 Å². The van der Waals surface area contributed by atoms with Gasteiger partial charge in [-0.2, -0.15) is 5.26 Å². The van der Waals surface area contributed by atoms with Crippen LogP contribution in [0.5, 0.6) is 17.2 Å². The zero-order valence-electron chi connectivity index (χ0n) is 20.3. The minimum Gasteiger partial charge on any atom is -0.490 e. The van der Waals surface area contributed by atoms with Crippen molar-refractivity contribution in [2.75, 3.05) is 25.1 Å². The summed E-state index contributed by atoms with van der Waals surface area (Å²) in [5.41, 5.74) is 0.544. The van der Waals surface area contributed by atoms with Crippen LogP contribution in [0.3, 0.4) is 0 Å². The molecule has 1 aromatic heterocycles. The largest absolute Gasteiger partial charge is 0.490 e. The summed E-state index contributed by atoms with van der Waals surface area (Å²) < 4.78 is 17.2. The maximum atomic E-state index is 12.6. The summed E-state index contributed by atoms with van der Waals surface area (Å²) in [6, 6.07) is 14.3. The van der Waals surface area contributed by atoms with Crippen LogP contribution in [-0.2, 0) is 11.2 Å². The molecule has 0 saturated heterocycles. The van der Waals surface area contributed by atoms with Gasteiger partial charge in [0, 0.05) is 6.42 Å². The SMILES string of the molecule is CCOc1cc(C=C(C#N)C(=O)Nc2nnc(CC(C)C)s2)ccc1OCCOc1ccccc1Cl. The molecule has 3 rings (SSSR count). The molecule has 8 nitrogen and oxygen atoms in total. The summed E-state index contributed by atoms with van der Waals surface area (Å²) in [6.45, 7) is 7.00. The number of nitrogens with one attached hydrogen (secondary N) is 1. The Kier molecular flexibility index (Phi) is 10.1. The summed E-state index contributed by atoms with van der Waals surface area (Å²) in [4.78, 5) is 12.6. The van der Waals surface area contributed by atoms with Gasteiger partial charge in [-0.05, 0) is 48.7 Å². The molecule has 0 radical (unpaired) electrons.